The third-order valence-corrected chi connectivity index (χ3v) is 4.70. The number of unbranched alkanes of at least 4 members (excludes halogenated alkanes) is 2. The number of hydrogen-bond acceptors (Lipinski definition) is 5. The molecule has 0 unspecified atom stereocenters. The van der Waals surface area contributed by atoms with Gasteiger partial charge in [0.1, 0.15) is 0 Å². The van der Waals surface area contributed by atoms with Crippen LogP contribution >= 0.6 is 0 Å². The third-order valence-electron chi connectivity index (χ3n) is 4.70. The predicted octanol–water partition coefficient (Wildman–Crippen LogP) is 1.84. The number of carbonyl (C=O) groups excluding carboxylic acids is 1. The molecule has 0 atom stereocenters. The van der Waals surface area contributed by atoms with Gasteiger partial charge in [0.05, 0.1) is 35.7 Å². The molecule has 0 aromatic heterocycles. The molecule has 1 aromatic rings. The van der Waals surface area contributed by atoms with E-state index in [0.29, 0.717) is 24.3 Å². The van der Waals surface area contributed by atoms with Crippen molar-refractivity contribution in [2.75, 3.05) is 30.0 Å². The quantitative estimate of drug-likeness (QED) is 0.506. The number of carbonyl (C=O) groups is 2. The van der Waals surface area contributed by atoms with Gasteiger partial charge in [-0.2, -0.15) is 0 Å². The number of carboxylic acid groups (broad SMARTS) is 1. The van der Waals surface area contributed by atoms with E-state index in [2.05, 4.69) is 12.2 Å². The lowest BCUT2D eigenvalue weighted by Gasteiger charge is -2.36. The Balaban J connectivity index is 2.40. The lowest BCUT2D eigenvalue weighted by molar-refractivity contribution is -0.117. The minimum atomic E-state index is -1.05. The van der Waals surface area contributed by atoms with E-state index in [4.69, 9.17) is 0 Å². The van der Waals surface area contributed by atoms with E-state index in [1.165, 1.54) is 17.0 Å². The number of aromatic carboxylic acids is 1. The average molecular weight is 350 g/mol. The molecule has 4 N–H and O–H groups in total. The number of anilines is 2. The zero-order chi connectivity index (χ0) is 18.4. The average Bonchev–Trinajstić information content (AvgIpc) is 2.95. The van der Waals surface area contributed by atoms with Crippen molar-refractivity contribution < 1.29 is 24.9 Å². The van der Waals surface area contributed by atoms with Gasteiger partial charge in [-0.05, 0) is 31.0 Å². The Hall–Kier alpha value is -2.12. The maximum atomic E-state index is 12.4. The number of hydrogen-bond donors (Lipinski definition) is 4. The number of nitrogens with zero attached hydrogens (tertiary/aromatic N) is 1. The SMILES string of the molecule is CCCCCNc1cc(C(=O)O)ccc1N1C(=O)CCC1(CO)CO. The second-order valence-electron chi connectivity index (χ2n) is 6.44. The van der Waals surface area contributed by atoms with Crippen molar-refractivity contribution in [1.82, 2.24) is 0 Å². The van der Waals surface area contributed by atoms with E-state index in [1.54, 1.807) is 6.07 Å². The fraction of sp³-hybridized carbons (Fsp3) is 0.556. The van der Waals surface area contributed by atoms with Crippen LogP contribution in [-0.4, -0.2) is 52.5 Å². The highest BCUT2D eigenvalue weighted by atomic mass is 16.4. The Morgan fingerprint density at radius 2 is 2.00 bits per heavy atom. The topological polar surface area (TPSA) is 110 Å². The molecule has 0 bridgehead atoms. The standard InChI is InChI=1S/C18H26N2O5/c1-2-3-4-9-19-14-10-13(17(24)25)5-6-15(14)20-16(23)7-8-18(20,11-21)12-22/h5-6,10,19,21-22H,2-4,7-9,11-12H2,1H3,(H,24,25). The molecule has 1 fully saturated rings. The van der Waals surface area contributed by atoms with Crippen LogP contribution in [0.15, 0.2) is 18.2 Å². The van der Waals surface area contributed by atoms with Gasteiger partial charge in [0.2, 0.25) is 5.91 Å². The van der Waals surface area contributed by atoms with Crippen molar-refractivity contribution in [2.24, 2.45) is 0 Å². The summed E-state index contributed by atoms with van der Waals surface area (Å²) in [4.78, 5) is 25.1. The molecule has 1 aliphatic rings. The summed E-state index contributed by atoms with van der Waals surface area (Å²) < 4.78 is 0. The van der Waals surface area contributed by atoms with Crippen LogP contribution in [-0.2, 0) is 4.79 Å². The first-order chi connectivity index (χ1) is 12.0. The Kier molecular flexibility index (Phi) is 6.39. The largest absolute Gasteiger partial charge is 0.478 e. The molecule has 0 radical (unpaired) electrons. The van der Waals surface area contributed by atoms with Gasteiger partial charge in [0.15, 0.2) is 0 Å². The first-order valence-electron chi connectivity index (χ1n) is 8.65. The van der Waals surface area contributed by atoms with Crippen LogP contribution in [0.25, 0.3) is 0 Å². The van der Waals surface area contributed by atoms with Gasteiger partial charge in [-0.25, -0.2) is 4.79 Å². The summed E-state index contributed by atoms with van der Waals surface area (Å²) in [6.07, 6.45) is 3.62. The first-order valence-corrected chi connectivity index (χ1v) is 8.65. The van der Waals surface area contributed by atoms with Gasteiger partial charge in [0, 0.05) is 13.0 Å². The van der Waals surface area contributed by atoms with Gasteiger partial charge in [-0.15, -0.1) is 0 Å². The number of aliphatic hydroxyl groups is 2. The fourth-order valence-electron chi connectivity index (χ4n) is 3.17. The molecule has 1 amide bonds. The van der Waals surface area contributed by atoms with Crippen molar-refractivity contribution in [3.63, 3.8) is 0 Å². The molecule has 1 aliphatic heterocycles. The van der Waals surface area contributed by atoms with Crippen LogP contribution in [0.5, 0.6) is 0 Å². The molecular formula is C18H26N2O5. The molecule has 25 heavy (non-hydrogen) atoms. The number of carboxylic acids is 1. The summed E-state index contributed by atoms with van der Waals surface area (Å²) in [6.45, 7) is 2.03. The van der Waals surface area contributed by atoms with E-state index in [1.807, 2.05) is 0 Å². The third kappa shape index (κ3) is 3.93. The van der Waals surface area contributed by atoms with Crippen LogP contribution in [0.1, 0.15) is 49.4 Å². The van der Waals surface area contributed by atoms with Crippen LogP contribution in [0.3, 0.4) is 0 Å². The molecule has 7 heteroatoms. The van der Waals surface area contributed by atoms with Crippen LogP contribution in [0.2, 0.25) is 0 Å². The highest BCUT2D eigenvalue weighted by molar-refractivity contribution is 6.01. The van der Waals surface area contributed by atoms with Gasteiger partial charge in [-0.3, -0.25) is 9.69 Å². The lowest BCUT2D eigenvalue weighted by atomic mass is 9.97. The molecule has 0 aliphatic carbocycles. The highest BCUT2D eigenvalue weighted by Gasteiger charge is 2.46. The Morgan fingerprint density at radius 1 is 1.28 bits per heavy atom. The fourth-order valence-corrected chi connectivity index (χ4v) is 3.17. The van der Waals surface area contributed by atoms with Gasteiger partial charge in [-0.1, -0.05) is 19.8 Å². The smallest absolute Gasteiger partial charge is 0.335 e. The number of benzene rings is 1. The number of nitrogens with one attached hydrogen (secondary N) is 1. The van der Waals surface area contributed by atoms with Crippen molar-refractivity contribution in [3.05, 3.63) is 23.8 Å². The number of amides is 1. The van der Waals surface area contributed by atoms with Gasteiger partial charge >= 0.3 is 5.97 Å². The van der Waals surface area contributed by atoms with E-state index >= 15 is 0 Å². The zero-order valence-electron chi connectivity index (χ0n) is 14.5. The van der Waals surface area contributed by atoms with E-state index in [-0.39, 0.29) is 31.1 Å². The monoisotopic (exact) mass is 350 g/mol. The number of aliphatic hydroxyl groups excluding tert-OH is 2. The number of rotatable bonds is 9. The van der Waals surface area contributed by atoms with E-state index in [0.717, 1.165) is 19.3 Å². The van der Waals surface area contributed by atoms with Gasteiger partial charge < -0.3 is 20.6 Å². The van der Waals surface area contributed by atoms with E-state index in [9.17, 15) is 24.9 Å². The summed E-state index contributed by atoms with van der Waals surface area (Å²) in [7, 11) is 0. The van der Waals surface area contributed by atoms with E-state index < -0.39 is 11.5 Å². The van der Waals surface area contributed by atoms with Crippen LogP contribution < -0.4 is 10.2 Å². The van der Waals surface area contributed by atoms with Crippen molar-refractivity contribution in [2.45, 2.75) is 44.6 Å². The summed E-state index contributed by atoms with van der Waals surface area (Å²) in [5.74, 6) is -1.24. The minimum Gasteiger partial charge on any atom is -0.478 e. The first kappa shape index (κ1) is 19.2. The molecular weight excluding hydrogens is 324 g/mol. The van der Waals surface area contributed by atoms with Crippen molar-refractivity contribution >= 4 is 23.3 Å². The van der Waals surface area contributed by atoms with Crippen molar-refractivity contribution in [1.29, 1.82) is 0 Å². The molecule has 1 saturated heterocycles. The van der Waals surface area contributed by atoms with Crippen LogP contribution in [0.4, 0.5) is 11.4 Å². The van der Waals surface area contributed by atoms with Gasteiger partial charge in [0.25, 0.3) is 0 Å². The predicted molar refractivity (Wildman–Crippen MR) is 95.0 cm³/mol. The maximum absolute atomic E-state index is 12.4. The maximum Gasteiger partial charge on any atom is 0.335 e. The Morgan fingerprint density at radius 3 is 2.60 bits per heavy atom. The lowest BCUT2D eigenvalue weighted by Crippen LogP contribution is -2.52. The summed E-state index contributed by atoms with van der Waals surface area (Å²) >= 11 is 0. The second kappa shape index (κ2) is 8.31. The summed E-state index contributed by atoms with van der Waals surface area (Å²) in [6, 6.07) is 4.49. The zero-order valence-corrected chi connectivity index (χ0v) is 14.5. The molecule has 1 aromatic carbocycles. The molecule has 138 valence electrons. The second-order valence-corrected chi connectivity index (χ2v) is 6.44. The highest BCUT2D eigenvalue weighted by Crippen LogP contribution is 2.39. The Bertz CT molecular complexity index is 628. The van der Waals surface area contributed by atoms with Crippen LogP contribution in [0, 0.1) is 0 Å². The Labute approximate surface area is 147 Å². The molecule has 2 rings (SSSR count). The van der Waals surface area contributed by atoms with Crippen molar-refractivity contribution in [3.8, 4) is 0 Å². The summed E-state index contributed by atoms with van der Waals surface area (Å²) in [5, 5.41) is 32.0. The molecule has 0 spiro atoms. The normalized spacial score (nSPS) is 16.3. The summed E-state index contributed by atoms with van der Waals surface area (Å²) in [5.41, 5.74) is 0.0819. The molecule has 0 saturated carbocycles. The molecule has 1 heterocycles. The molecule has 7 nitrogen and oxygen atoms in total. The minimum absolute atomic E-state index is 0.118.